The van der Waals surface area contributed by atoms with Crippen LogP contribution in [0, 0.1) is 0 Å². The molecule has 15 heavy (non-hydrogen) atoms. The van der Waals surface area contributed by atoms with E-state index >= 15 is 0 Å². The zero-order chi connectivity index (χ0) is 10.7. The number of aliphatic hydroxyl groups excluding tert-OH is 1. The Kier molecular flexibility index (Phi) is 3.03. The van der Waals surface area contributed by atoms with E-state index in [0.717, 1.165) is 4.90 Å². The van der Waals surface area contributed by atoms with Crippen molar-refractivity contribution in [1.82, 2.24) is 9.97 Å². The Labute approximate surface area is 91.4 Å². The maximum Gasteiger partial charge on any atom is 0.260 e. The Morgan fingerprint density at radius 3 is 2.80 bits per heavy atom. The van der Waals surface area contributed by atoms with Gasteiger partial charge in [0.1, 0.15) is 6.26 Å². The van der Waals surface area contributed by atoms with E-state index in [0.29, 0.717) is 10.9 Å². The summed E-state index contributed by atoms with van der Waals surface area (Å²) in [7, 11) is 0. The molecule has 2 heterocycles. The van der Waals surface area contributed by atoms with Gasteiger partial charge >= 0.3 is 0 Å². The maximum atomic E-state index is 9.27. The van der Waals surface area contributed by atoms with Crippen LogP contribution in [0.5, 0.6) is 0 Å². The molecule has 0 radical (unpaired) electrons. The van der Waals surface area contributed by atoms with Crippen LogP contribution < -0.4 is 0 Å². The molecular weight excluding hydrogens is 212 g/mol. The number of hydrogen-bond acceptors (Lipinski definition) is 5. The van der Waals surface area contributed by atoms with Crippen LogP contribution in [0.15, 0.2) is 45.3 Å². The minimum Gasteiger partial charge on any atom is -0.440 e. The van der Waals surface area contributed by atoms with Crippen LogP contribution in [0.2, 0.25) is 0 Å². The first-order valence-corrected chi connectivity index (χ1v) is 5.29. The van der Waals surface area contributed by atoms with Crippen LogP contribution in [0.1, 0.15) is 18.7 Å². The molecule has 0 saturated carbocycles. The Balaban J connectivity index is 2.11. The summed E-state index contributed by atoms with van der Waals surface area (Å²) in [6.07, 6.45) is 4.28. The molecule has 2 aromatic heterocycles. The second-order valence-corrected chi connectivity index (χ2v) is 4.02. The number of hydrogen-bond donors (Lipinski definition) is 1. The Morgan fingerprint density at radius 1 is 1.40 bits per heavy atom. The van der Waals surface area contributed by atoms with E-state index in [-0.39, 0.29) is 0 Å². The summed E-state index contributed by atoms with van der Waals surface area (Å²) in [6.45, 7) is 1.68. The van der Waals surface area contributed by atoms with E-state index in [2.05, 4.69) is 9.97 Å². The number of nitrogens with zero attached hydrogens (tertiary/aromatic N) is 2. The van der Waals surface area contributed by atoms with Crippen molar-refractivity contribution in [3.8, 4) is 0 Å². The highest BCUT2D eigenvalue weighted by molar-refractivity contribution is 7.99. The van der Waals surface area contributed by atoms with Gasteiger partial charge in [-0.1, -0.05) is 0 Å². The van der Waals surface area contributed by atoms with Crippen molar-refractivity contribution in [3.63, 3.8) is 0 Å². The van der Waals surface area contributed by atoms with Gasteiger partial charge in [-0.25, -0.2) is 4.98 Å². The molecule has 0 spiro atoms. The summed E-state index contributed by atoms with van der Waals surface area (Å²) in [5, 5.41) is 9.86. The van der Waals surface area contributed by atoms with Crippen molar-refractivity contribution >= 4 is 11.8 Å². The number of oxazole rings is 1. The molecule has 5 heteroatoms. The summed E-state index contributed by atoms with van der Waals surface area (Å²) in [4.78, 5) is 9.04. The molecular formula is C10H10N2O2S. The smallest absolute Gasteiger partial charge is 0.260 e. The van der Waals surface area contributed by atoms with Gasteiger partial charge in [-0.15, -0.1) is 0 Å². The standard InChI is InChI=1S/C10H10N2O2S/c1-7(13)9-3-2-8(6-12-9)15-10-11-4-5-14-10/h2-7,13H,1H3/t7-/m1/s1. The summed E-state index contributed by atoms with van der Waals surface area (Å²) < 4.78 is 5.09. The van der Waals surface area contributed by atoms with E-state index in [1.54, 1.807) is 25.4 Å². The zero-order valence-electron chi connectivity index (χ0n) is 8.12. The van der Waals surface area contributed by atoms with Gasteiger partial charge in [0.15, 0.2) is 0 Å². The molecule has 0 fully saturated rings. The molecule has 0 aliphatic rings. The average Bonchev–Trinajstić information content (AvgIpc) is 2.71. The first-order chi connectivity index (χ1) is 7.25. The lowest BCUT2D eigenvalue weighted by atomic mass is 10.2. The van der Waals surface area contributed by atoms with Crippen LogP contribution in [0.4, 0.5) is 0 Å². The quantitative estimate of drug-likeness (QED) is 0.863. The number of aliphatic hydroxyl groups is 1. The molecule has 0 aliphatic heterocycles. The summed E-state index contributed by atoms with van der Waals surface area (Å²) in [6, 6.07) is 3.67. The lowest BCUT2D eigenvalue weighted by molar-refractivity contribution is 0.194. The van der Waals surface area contributed by atoms with Gasteiger partial charge in [-0.3, -0.25) is 4.98 Å². The van der Waals surface area contributed by atoms with Crippen LogP contribution in [-0.2, 0) is 0 Å². The van der Waals surface area contributed by atoms with Crippen molar-refractivity contribution in [2.75, 3.05) is 0 Å². The van der Waals surface area contributed by atoms with Crippen molar-refractivity contribution in [2.24, 2.45) is 0 Å². The van der Waals surface area contributed by atoms with Crippen molar-refractivity contribution < 1.29 is 9.52 Å². The summed E-state index contributed by atoms with van der Waals surface area (Å²) >= 11 is 1.39. The lowest BCUT2D eigenvalue weighted by Crippen LogP contribution is -1.94. The van der Waals surface area contributed by atoms with E-state index < -0.39 is 6.10 Å². The fourth-order valence-corrected chi connectivity index (χ4v) is 1.72. The van der Waals surface area contributed by atoms with Gasteiger partial charge in [0, 0.05) is 11.1 Å². The van der Waals surface area contributed by atoms with Crippen LogP contribution >= 0.6 is 11.8 Å². The molecule has 0 amide bonds. The minimum atomic E-state index is -0.536. The van der Waals surface area contributed by atoms with E-state index in [9.17, 15) is 5.11 Å². The first-order valence-electron chi connectivity index (χ1n) is 4.47. The normalized spacial score (nSPS) is 12.7. The maximum absolute atomic E-state index is 9.27. The van der Waals surface area contributed by atoms with E-state index in [1.807, 2.05) is 6.07 Å². The largest absolute Gasteiger partial charge is 0.440 e. The van der Waals surface area contributed by atoms with Crippen LogP contribution in [0.25, 0.3) is 0 Å². The number of aromatic nitrogens is 2. The second kappa shape index (κ2) is 4.46. The molecule has 0 aliphatic carbocycles. The Morgan fingerprint density at radius 2 is 2.27 bits per heavy atom. The third-order valence-corrected chi connectivity index (χ3v) is 2.66. The number of rotatable bonds is 3. The van der Waals surface area contributed by atoms with Gasteiger partial charge in [0.2, 0.25) is 0 Å². The fourth-order valence-electron chi connectivity index (χ4n) is 1.06. The van der Waals surface area contributed by atoms with Gasteiger partial charge in [0.05, 0.1) is 18.0 Å². The topological polar surface area (TPSA) is 59.2 Å². The predicted octanol–water partition coefficient (Wildman–Crippen LogP) is 2.27. The highest BCUT2D eigenvalue weighted by Crippen LogP contribution is 2.25. The van der Waals surface area contributed by atoms with E-state index in [1.165, 1.54) is 18.0 Å². The molecule has 2 aromatic rings. The average molecular weight is 222 g/mol. The molecule has 78 valence electrons. The summed E-state index contributed by atoms with van der Waals surface area (Å²) in [5.41, 5.74) is 0.659. The third kappa shape index (κ3) is 2.57. The van der Waals surface area contributed by atoms with Crippen molar-refractivity contribution in [1.29, 1.82) is 0 Å². The monoisotopic (exact) mass is 222 g/mol. The minimum absolute atomic E-state index is 0.536. The van der Waals surface area contributed by atoms with Crippen molar-refractivity contribution in [3.05, 3.63) is 36.5 Å². The van der Waals surface area contributed by atoms with Gasteiger partial charge in [-0.05, 0) is 30.8 Å². The Bertz CT molecular complexity index is 411. The fraction of sp³-hybridized carbons (Fsp3) is 0.200. The highest BCUT2D eigenvalue weighted by atomic mass is 32.2. The first kappa shape index (κ1) is 10.2. The molecule has 0 aromatic carbocycles. The Hall–Kier alpha value is -1.33. The molecule has 1 N–H and O–H groups in total. The molecule has 1 atom stereocenters. The third-order valence-electron chi connectivity index (χ3n) is 1.80. The molecule has 2 rings (SSSR count). The highest BCUT2D eigenvalue weighted by Gasteiger charge is 2.04. The molecule has 0 saturated heterocycles. The molecule has 0 unspecified atom stereocenters. The van der Waals surface area contributed by atoms with E-state index in [4.69, 9.17) is 4.42 Å². The number of pyridine rings is 1. The van der Waals surface area contributed by atoms with Gasteiger partial charge in [-0.2, -0.15) is 0 Å². The van der Waals surface area contributed by atoms with Gasteiger partial charge in [0.25, 0.3) is 5.22 Å². The van der Waals surface area contributed by atoms with Crippen molar-refractivity contribution in [2.45, 2.75) is 23.1 Å². The van der Waals surface area contributed by atoms with Crippen LogP contribution in [0.3, 0.4) is 0 Å². The zero-order valence-corrected chi connectivity index (χ0v) is 8.94. The molecule has 4 nitrogen and oxygen atoms in total. The lowest BCUT2D eigenvalue weighted by Gasteiger charge is -2.03. The predicted molar refractivity (Wildman–Crippen MR) is 55.5 cm³/mol. The summed E-state index contributed by atoms with van der Waals surface area (Å²) in [5.74, 6) is 0. The van der Waals surface area contributed by atoms with Gasteiger partial charge < -0.3 is 9.52 Å². The van der Waals surface area contributed by atoms with Crippen LogP contribution in [-0.4, -0.2) is 15.1 Å². The second-order valence-electron chi connectivity index (χ2n) is 2.99. The SMILES string of the molecule is C[C@@H](O)c1ccc(Sc2ncco2)cn1. The molecule has 0 bridgehead atoms.